The van der Waals surface area contributed by atoms with Gasteiger partial charge in [-0.3, -0.25) is 9.36 Å². The summed E-state index contributed by atoms with van der Waals surface area (Å²) >= 11 is 0. The Morgan fingerprint density at radius 1 is 1.15 bits per heavy atom. The minimum absolute atomic E-state index is 0.119. The third kappa shape index (κ3) is 4.94. The van der Waals surface area contributed by atoms with Crippen molar-refractivity contribution in [1.29, 1.82) is 0 Å². The number of carbonyl (C=O) groups excluding carboxylic acids is 1. The Balaban J connectivity index is 1.45. The second-order valence-electron chi connectivity index (χ2n) is 7.25. The lowest BCUT2D eigenvalue weighted by molar-refractivity contribution is 0.0946. The summed E-state index contributed by atoms with van der Waals surface area (Å²) < 4.78 is 7.47. The Bertz CT molecular complexity index is 864. The summed E-state index contributed by atoms with van der Waals surface area (Å²) in [5.41, 5.74) is 1.89. The summed E-state index contributed by atoms with van der Waals surface area (Å²) in [6, 6.07) is 11.6. The van der Waals surface area contributed by atoms with Crippen LogP contribution in [0.1, 0.15) is 36.7 Å². The number of benzene rings is 1. The molecule has 0 atom stereocenters. The first-order chi connectivity index (χ1) is 12.9. The highest BCUT2D eigenvalue weighted by Crippen LogP contribution is 2.24. The van der Waals surface area contributed by atoms with E-state index >= 15 is 0 Å². The van der Waals surface area contributed by atoms with Crippen molar-refractivity contribution in [1.82, 2.24) is 19.9 Å². The maximum atomic E-state index is 12.2. The highest BCUT2D eigenvalue weighted by molar-refractivity contribution is 5.93. The van der Waals surface area contributed by atoms with Crippen LogP contribution >= 0.6 is 0 Å². The molecule has 0 aliphatic rings. The van der Waals surface area contributed by atoms with Crippen LogP contribution in [0, 0.1) is 0 Å². The normalized spacial score (nSPS) is 11.2. The lowest BCUT2D eigenvalue weighted by Gasteiger charge is -2.19. The summed E-state index contributed by atoms with van der Waals surface area (Å²) in [6.45, 7) is 7.35. The Morgan fingerprint density at radius 2 is 1.93 bits per heavy atom. The maximum Gasteiger partial charge on any atom is 0.252 e. The standard InChI is InChI=1S/C21H24N4O2/c1-21(2,3)17-5-7-18(8-6-17)27-13-11-23-20(26)16-4-9-19(24-14-16)25-12-10-22-15-25/h4-10,12,14-15H,11,13H2,1-3H3,(H,23,26). The predicted octanol–water partition coefficient (Wildman–Crippen LogP) is 3.37. The predicted molar refractivity (Wildman–Crippen MR) is 104 cm³/mol. The van der Waals surface area contributed by atoms with Crippen molar-refractivity contribution in [3.63, 3.8) is 0 Å². The van der Waals surface area contributed by atoms with Gasteiger partial charge in [0.25, 0.3) is 5.91 Å². The topological polar surface area (TPSA) is 69.0 Å². The van der Waals surface area contributed by atoms with Crippen molar-refractivity contribution < 1.29 is 9.53 Å². The van der Waals surface area contributed by atoms with Gasteiger partial charge in [0.1, 0.15) is 24.5 Å². The second kappa shape index (κ2) is 8.03. The number of aromatic nitrogens is 3. The van der Waals surface area contributed by atoms with Gasteiger partial charge in [-0.15, -0.1) is 0 Å². The highest BCUT2D eigenvalue weighted by atomic mass is 16.5. The Labute approximate surface area is 159 Å². The molecule has 1 N–H and O–H groups in total. The first-order valence-corrected chi connectivity index (χ1v) is 8.89. The maximum absolute atomic E-state index is 12.2. The van der Waals surface area contributed by atoms with Crippen LogP contribution in [-0.4, -0.2) is 33.6 Å². The number of pyridine rings is 1. The van der Waals surface area contributed by atoms with Crippen molar-refractivity contribution in [3.05, 3.63) is 72.4 Å². The molecule has 140 valence electrons. The number of hydrogen-bond acceptors (Lipinski definition) is 4. The van der Waals surface area contributed by atoms with Gasteiger partial charge in [-0.2, -0.15) is 0 Å². The third-order valence-corrected chi connectivity index (χ3v) is 4.16. The lowest BCUT2D eigenvalue weighted by atomic mass is 9.87. The van der Waals surface area contributed by atoms with Crippen LogP contribution in [0.2, 0.25) is 0 Å². The summed E-state index contributed by atoms with van der Waals surface area (Å²) in [4.78, 5) is 20.4. The molecule has 2 heterocycles. The van der Waals surface area contributed by atoms with Crippen molar-refractivity contribution in [2.45, 2.75) is 26.2 Å². The van der Waals surface area contributed by atoms with E-state index < -0.39 is 0 Å². The SMILES string of the molecule is CC(C)(C)c1ccc(OCCNC(=O)c2ccc(-n3ccnc3)nc2)cc1. The van der Waals surface area contributed by atoms with Crippen molar-refractivity contribution >= 4 is 5.91 Å². The van der Waals surface area contributed by atoms with Gasteiger partial charge >= 0.3 is 0 Å². The molecule has 6 nitrogen and oxygen atoms in total. The number of hydrogen-bond donors (Lipinski definition) is 1. The van der Waals surface area contributed by atoms with Gasteiger partial charge in [0.15, 0.2) is 0 Å². The molecule has 0 saturated heterocycles. The van der Waals surface area contributed by atoms with Crippen LogP contribution in [0.3, 0.4) is 0 Å². The van der Waals surface area contributed by atoms with E-state index in [0.29, 0.717) is 24.5 Å². The molecule has 3 rings (SSSR count). The number of imidazole rings is 1. The molecule has 1 amide bonds. The fourth-order valence-corrected chi connectivity index (χ4v) is 2.55. The summed E-state index contributed by atoms with van der Waals surface area (Å²) in [6.07, 6.45) is 6.69. The number of nitrogens with one attached hydrogen (secondary N) is 1. The van der Waals surface area contributed by atoms with Crippen LogP contribution in [0.5, 0.6) is 5.75 Å². The van der Waals surface area contributed by atoms with Gasteiger partial charge in [0, 0.05) is 18.6 Å². The Hall–Kier alpha value is -3.15. The van der Waals surface area contributed by atoms with Gasteiger partial charge < -0.3 is 10.1 Å². The van der Waals surface area contributed by atoms with Crippen molar-refractivity contribution in [2.75, 3.05) is 13.2 Å². The van der Waals surface area contributed by atoms with Crippen LogP contribution in [-0.2, 0) is 5.41 Å². The third-order valence-electron chi connectivity index (χ3n) is 4.16. The number of amides is 1. The van der Waals surface area contributed by atoms with Crippen LogP contribution in [0.15, 0.2) is 61.3 Å². The number of carbonyl (C=O) groups is 1. The zero-order chi connectivity index (χ0) is 19.3. The fourth-order valence-electron chi connectivity index (χ4n) is 2.55. The molecule has 0 aliphatic heterocycles. The van der Waals surface area contributed by atoms with E-state index in [2.05, 4.69) is 48.2 Å². The monoisotopic (exact) mass is 364 g/mol. The van der Waals surface area contributed by atoms with E-state index in [1.54, 1.807) is 41.6 Å². The van der Waals surface area contributed by atoms with Gasteiger partial charge in [-0.25, -0.2) is 9.97 Å². The molecular weight excluding hydrogens is 340 g/mol. The summed E-state index contributed by atoms with van der Waals surface area (Å²) in [5, 5.41) is 2.84. The molecule has 3 aromatic rings. The molecule has 6 heteroatoms. The second-order valence-corrected chi connectivity index (χ2v) is 7.25. The van der Waals surface area contributed by atoms with Crippen molar-refractivity contribution in [2.24, 2.45) is 0 Å². The molecule has 27 heavy (non-hydrogen) atoms. The first-order valence-electron chi connectivity index (χ1n) is 8.89. The Kier molecular flexibility index (Phi) is 5.54. The molecule has 0 saturated carbocycles. The van der Waals surface area contributed by atoms with E-state index in [0.717, 1.165) is 5.75 Å². The molecule has 0 bridgehead atoms. The smallest absolute Gasteiger partial charge is 0.252 e. The van der Waals surface area contributed by atoms with Crippen molar-refractivity contribution in [3.8, 4) is 11.6 Å². The molecule has 2 aromatic heterocycles. The number of rotatable bonds is 6. The fraction of sp³-hybridized carbons (Fsp3) is 0.286. The van der Waals surface area contributed by atoms with E-state index in [4.69, 9.17) is 4.74 Å². The zero-order valence-corrected chi connectivity index (χ0v) is 15.8. The number of ether oxygens (including phenoxy) is 1. The average molecular weight is 364 g/mol. The largest absolute Gasteiger partial charge is 0.492 e. The van der Waals surface area contributed by atoms with Crippen LogP contribution < -0.4 is 10.1 Å². The minimum Gasteiger partial charge on any atom is -0.492 e. The molecule has 0 radical (unpaired) electrons. The first kappa shape index (κ1) is 18.6. The van der Waals surface area contributed by atoms with Gasteiger partial charge in [0.2, 0.25) is 0 Å². The van der Waals surface area contributed by atoms with E-state index in [9.17, 15) is 4.79 Å². The van der Waals surface area contributed by atoms with Gasteiger partial charge in [0.05, 0.1) is 12.1 Å². The quantitative estimate of drug-likeness (QED) is 0.681. The van der Waals surface area contributed by atoms with E-state index in [-0.39, 0.29) is 11.3 Å². The van der Waals surface area contributed by atoms with Gasteiger partial charge in [-0.05, 0) is 35.2 Å². The summed E-state index contributed by atoms with van der Waals surface area (Å²) in [5.74, 6) is 1.33. The minimum atomic E-state index is -0.175. The van der Waals surface area contributed by atoms with E-state index in [1.807, 2.05) is 12.1 Å². The molecule has 0 aliphatic carbocycles. The molecular formula is C21H24N4O2. The number of nitrogens with zero attached hydrogens (tertiary/aromatic N) is 3. The van der Waals surface area contributed by atoms with Crippen LogP contribution in [0.4, 0.5) is 0 Å². The van der Waals surface area contributed by atoms with E-state index in [1.165, 1.54) is 5.56 Å². The summed E-state index contributed by atoms with van der Waals surface area (Å²) in [7, 11) is 0. The molecule has 0 unspecified atom stereocenters. The molecule has 0 spiro atoms. The zero-order valence-electron chi connectivity index (χ0n) is 15.8. The average Bonchev–Trinajstić information content (AvgIpc) is 3.20. The Morgan fingerprint density at radius 3 is 2.52 bits per heavy atom. The van der Waals surface area contributed by atoms with Crippen LogP contribution in [0.25, 0.3) is 5.82 Å². The highest BCUT2D eigenvalue weighted by Gasteiger charge is 2.13. The molecule has 0 fully saturated rings. The molecule has 1 aromatic carbocycles. The van der Waals surface area contributed by atoms with Gasteiger partial charge in [-0.1, -0.05) is 32.9 Å². The lowest BCUT2D eigenvalue weighted by Crippen LogP contribution is -2.28.